The van der Waals surface area contributed by atoms with Crippen LogP contribution < -0.4 is 5.32 Å². The molecule has 1 amide bonds. The number of hydrogen-bond donors (Lipinski definition) is 2. The summed E-state index contributed by atoms with van der Waals surface area (Å²) < 4.78 is 25.5. The first kappa shape index (κ1) is 15.5. The fourth-order valence-corrected chi connectivity index (χ4v) is 3.88. The van der Waals surface area contributed by atoms with Gasteiger partial charge in [0.2, 0.25) is 5.91 Å². The highest BCUT2D eigenvalue weighted by Crippen LogP contribution is 2.19. The van der Waals surface area contributed by atoms with Crippen LogP contribution in [0.1, 0.15) is 18.8 Å². The number of H-pyrrole nitrogens is 1. The van der Waals surface area contributed by atoms with Crippen LogP contribution in [-0.4, -0.2) is 52.8 Å². The zero-order valence-electron chi connectivity index (χ0n) is 11.3. The van der Waals surface area contributed by atoms with Crippen molar-refractivity contribution in [3.63, 3.8) is 0 Å². The number of thiophene rings is 1. The third kappa shape index (κ3) is 3.62. The number of tetrazole rings is 1. The van der Waals surface area contributed by atoms with Crippen LogP contribution >= 0.6 is 11.3 Å². The Bertz CT molecular complexity index is 682. The molecular formula is C10H14N6O3S2. The summed E-state index contributed by atoms with van der Waals surface area (Å²) in [5, 5.41) is 17.4. The smallest absolute Gasteiger partial charge is 0.252 e. The number of carbonyl (C=O) groups excluding carboxylic acids is 1. The Labute approximate surface area is 125 Å². The summed E-state index contributed by atoms with van der Waals surface area (Å²) in [6.45, 7) is 1.39. The fourth-order valence-electron chi connectivity index (χ4n) is 1.56. The lowest BCUT2D eigenvalue weighted by molar-refractivity contribution is -0.121. The predicted octanol–water partition coefficient (Wildman–Crippen LogP) is -0.241. The van der Waals surface area contributed by atoms with Crippen molar-refractivity contribution in [3.05, 3.63) is 23.3 Å². The number of aromatic nitrogens is 4. The molecule has 0 bridgehead atoms. The van der Waals surface area contributed by atoms with Crippen LogP contribution in [0.2, 0.25) is 0 Å². The quantitative estimate of drug-likeness (QED) is 0.754. The van der Waals surface area contributed by atoms with E-state index in [4.69, 9.17) is 0 Å². The molecule has 2 rings (SSSR count). The van der Waals surface area contributed by atoms with Crippen molar-refractivity contribution < 1.29 is 13.2 Å². The van der Waals surface area contributed by atoms with Gasteiger partial charge in [0.05, 0.1) is 12.6 Å². The monoisotopic (exact) mass is 330 g/mol. The largest absolute Gasteiger partial charge is 0.345 e. The first-order valence-corrected chi connectivity index (χ1v) is 8.26. The SMILES string of the molecule is CC(NC(=O)CN(C)S(=O)(=O)c1cccs1)c1nn[nH]n1. The van der Waals surface area contributed by atoms with Gasteiger partial charge >= 0.3 is 0 Å². The lowest BCUT2D eigenvalue weighted by Gasteiger charge is -2.17. The molecule has 0 fully saturated rings. The summed E-state index contributed by atoms with van der Waals surface area (Å²) in [6, 6.07) is 2.68. The summed E-state index contributed by atoms with van der Waals surface area (Å²) >= 11 is 1.10. The van der Waals surface area contributed by atoms with Crippen LogP contribution in [-0.2, 0) is 14.8 Å². The summed E-state index contributed by atoms with van der Waals surface area (Å²) in [6.07, 6.45) is 0. The van der Waals surface area contributed by atoms with E-state index in [1.54, 1.807) is 18.4 Å². The Morgan fingerprint density at radius 3 is 2.90 bits per heavy atom. The lowest BCUT2D eigenvalue weighted by Crippen LogP contribution is -2.39. The highest BCUT2D eigenvalue weighted by molar-refractivity contribution is 7.91. The van der Waals surface area contributed by atoms with Gasteiger partial charge in [0.15, 0.2) is 5.82 Å². The molecule has 0 aromatic carbocycles. The zero-order valence-corrected chi connectivity index (χ0v) is 13.0. The highest BCUT2D eigenvalue weighted by Gasteiger charge is 2.24. The van der Waals surface area contributed by atoms with Gasteiger partial charge in [0.25, 0.3) is 10.0 Å². The first-order valence-electron chi connectivity index (χ1n) is 5.94. The third-order valence-electron chi connectivity index (χ3n) is 2.65. The topological polar surface area (TPSA) is 121 Å². The molecule has 0 radical (unpaired) electrons. The summed E-state index contributed by atoms with van der Waals surface area (Å²) in [4.78, 5) is 11.9. The Morgan fingerprint density at radius 2 is 2.33 bits per heavy atom. The van der Waals surface area contributed by atoms with Gasteiger partial charge in [0, 0.05) is 7.05 Å². The van der Waals surface area contributed by atoms with Gasteiger partial charge in [-0.15, -0.1) is 21.5 Å². The number of aromatic amines is 1. The predicted molar refractivity (Wildman–Crippen MR) is 74.9 cm³/mol. The van der Waals surface area contributed by atoms with E-state index in [0.29, 0.717) is 5.82 Å². The molecule has 1 unspecified atom stereocenters. The molecule has 0 aliphatic carbocycles. The number of sulfonamides is 1. The van der Waals surface area contributed by atoms with Gasteiger partial charge in [-0.05, 0) is 18.4 Å². The summed E-state index contributed by atoms with van der Waals surface area (Å²) in [5.41, 5.74) is 0. The molecule has 114 valence electrons. The van der Waals surface area contributed by atoms with Crippen molar-refractivity contribution in [1.29, 1.82) is 0 Å². The molecule has 2 aromatic rings. The van der Waals surface area contributed by atoms with Gasteiger partial charge < -0.3 is 5.32 Å². The van der Waals surface area contributed by atoms with Crippen LogP contribution in [0.4, 0.5) is 0 Å². The number of carbonyl (C=O) groups is 1. The molecule has 0 aliphatic heterocycles. The Balaban J connectivity index is 1.96. The van der Waals surface area contributed by atoms with Crippen LogP contribution in [0, 0.1) is 0 Å². The Hall–Kier alpha value is -1.85. The number of amides is 1. The van der Waals surface area contributed by atoms with E-state index in [9.17, 15) is 13.2 Å². The minimum Gasteiger partial charge on any atom is -0.345 e. The molecule has 1 atom stereocenters. The van der Waals surface area contributed by atoms with E-state index >= 15 is 0 Å². The third-order valence-corrected chi connectivity index (χ3v) is 5.83. The molecular weight excluding hydrogens is 316 g/mol. The van der Waals surface area contributed by atoms with Gasteiger partial charge in [-0.25, -0.2) is 8.42 Å². The molecule has 0 saturated heterocycles. The minimum absolute atomic E-state index is 0.198. The number of hydrogen-bond acceptors (Lipinski definition) is 7. The van der Waals surface area contributed by atoms with Gasteiger partial charge in [0.1, 0.15) is 4.21 Å². The summed E-state index contributed by atoms with van der Waals surface area (Å²) in [5.74, 6) is -0.123. The molecule has 0 saturated carbocycles. The Kier molecular flexibility index (Phi) is 4.65. The first-order chi connectivity index (χ1) is 9.91. The van der Waals surface area contributed by atoms with Crippen molar-refractivity contribution in [2.75, 3.05) is 13.6 Å². The maximum atomic E-state index is 12.2. The van der Waals surface area contributed by atoms with Crippen molar-refractivity contribution in [3.8, 4) is 0 Å². The van der Waals surface area contributed by atoms with Crippen molar-refractivity contribution in [1.82, 2.24) is 30.2 Å². The van der Waals surface area contributed by atoms with Crippen LogP contribution in [0.5, 0.6) is 0 Å². The van der Waals surface area contributed by atoms with Gasteiger partial charge in [-0.3, -0.25) is 4.79 Å². The average molecular weight is 330 g/mol. The number of nitrogens with one attached hydrogen (secondary N) is 2. The molecule has 11 heteroatoms. The normalized spacial score (nSPS) is 13.3. The second-order valence-electron chi connectivity index (χ2n) is 4.25. The van der Waals surface area contributed by atoms with Gasteiger partial charge in [-0.1, -0.05) is 11.3 Å². The Morgan fingerprint density at radius 1 is 1.57 bits per heavy atom. The average Bonchev–Trinajstić information content (AvgIpc) is 3.12. The van der Waals surface area contributed by atoms with E-state index in [1.165, 1.54) is 13.1 Å². The van der Waals surface area contributed by atoms with Crippen molar-refractivity contribution >= 4 is 27.3 Å². The molecule has 21 heavy (non-hydrogen) atoms. The molecule has 0 aliphatic rings. The molecule has 2 aromatic heterocycles. The van der Waals surface area contributed by atoms with Crippen LogP contribution in [0.25, 0.3) is 0 Å². The van der Waals surface area contributed by atoms with Crippen molar-refractivity contribution in [2.24, 2.45) is 0 Å². The second-order valence-corrected chi connectivity index (χ2v) is 7.47. The van der Waals surface area contributed by atoms with E-state index in [2.05, 4.69) is 25.9 Å². The lowest BCUT2D eigenvalue weighted by atomic mass is 10.3. The number of rotatable bonds is 6. The standard InChI is InChI=1S/C10H14N6O3S2/c1-7(10-12-14-15-13-10)11-8(17)6-16(2)21(18,19)9-4-3-5-20-9/h3-5,7H,6H2,1-2H3,(H,11,17)(H,12,13,14,15). The maximum absolute atomic E-state index is 12.2. The highest BCUT2D eigenvalue weighted by atomic mass is 32.2. The number of nitrogens with zero attached hydrogens (tertiary/aromatic N) is 4. The van der Waals surface area contributed by atoms with E-state index in [1.807, 2.05) is 0 Å². The van der Waals surface area contributed by atoms with E-state index in [-0.39, 0.29) is 10.8 Å². The van der Waals surface area contributed by atoms with E-state index < -0.39 is 22.0 Å². The second kappa shape index (κ2) is 6.28. The zero-order chi connectivity index (χ0) is 15.5. The van der Waals surface area contributed by atoms with Crippen LogP contribution in [0.15, 0.2) is 21.7 Å². The molecule has 2 heterocycles. The van der Waals surface area contributed by atoms with Gasteiger partial charge in [-0.2, -0.15) is 9.52 Å². The van der Waals surface area contributed by atoms with Crippen molar-refractivity contribution in [2.45, 2.75) is 17.2 Å². The summed E-state index contributed by atoms with van der Waals surface area (Å²) in [7, 11) is -2.28. The molecule has 0 spiro atoms. The van der Waals surface area contributed by atoms with E-state index in [0.717, 1.165) is 15.6 Å². The van der Waals surface area contributed by atoms with Crippen LogP contribution in [0.3, 0.4) is 0 Å². The number of likely N-dealkylation sites (N-methyl/N-ethyl adjacent to an activating group) is 1. The molecule has 9 nitrogen and oxygen atoms in total. The fraction of sp³-hybridized carbons (Fsp3) is 0.400. The molecule has 2 N–H and O–H groups in total. The minimum atomic E-state index is -3.64. The maximum Gasteiger partial charge on any atom is 0.252 e.